The summed E-state index contributed by atoms with van der Waals surface area (Å²) in [7, 11) is 0. The maximum atomic E-state index is 12.9. The molecular weight excluding hydrogens is 292 g/mol. The van der Waals surface area contributed by atoms with Crippen LogP contribution in [0.1, 0.15) is 31.3 Å². The Kier molecular flexibility index (Phi) is 4.73. The molecule has 0 N–H and O–H groups in total. The molecule has 1 aromatic heterocycles. The zero-order valence-corrected chi connectivity index (χ0v) is 14.7. The molecule has 1 amide bonds. The summed E-state index contributed by atoms with van der Waals surface area (Å²) in [5.41, 5.74) is 2.00. The van der Waals surface area contributed by atoms with Gasteiger partial charge in [-0.05, 0) is 32.8 Å². The van der Waals surface area contributed by atoms with E-state index in [1.54, 1.807) is 0 Å². The topological polar surface area (TPSA) is 50.6 Å². The number of nitrogens with zero attached hydrogens (tertiary/aromatic N) is 4. The highest BCUT2D eigenvalue weighted by atomic mass is 16.5. The number of ether oxygens (including phenoxy) is 1. The summed E-state index contributed by atoms with van der Waals surface area (Å²) in [6.45, 7) is 13.4. The highest BCUT2D eigenvalue weighted by Crippen LogP contribution is 2.25. The number of amides is 1. The molecule has 3 rings (SSSR count). The van der Waals surface area contributed by atoms with E-state index in [1.807, 2.05) is 36.4 Å². The van der Waals surface area contributed by atoms with Gasteiger partial charge in [0.05, 0.1) is 18.9 Å². The molecular formula is C17H28N4O2. The van der Waals surface area contributed by atoms with Crippen LogP contribution < -0.4 is 0 Å². The first-order chi connectivity index (χ1) is 11.0. The number of morpholine rings is 1. The van der Waals surface area contributed by atoms with Crippen LogP contribution >= 0.6 is 0 Å². The third-order valence-corrected chi connectivity index (χ3v) is 5.17. The molecule has 2 fully saturated rings. The molecule has 0 saturated carbocycles. The molecule has 2 saturated heterocycles. The molecule has 0 aliphatic carbocycles. The second-order valence-electron chi connectivity index (χ2n) is 6.98. The fraction of sp³-hybridized carbons (Fsp3) is 0.765. The van der Waals surface area contributed by atoms with Gasteiger partial charge in [-0.15, -0.1) is 0 Å². The lowest BCUT2D eigenvalue weighted by atomic mass is 10.0. The average Bonchev–Trinajstić information content (AvgIpc) is 3.09. The minimum Gasteiger partial charge on any atom is -0.379 e. The molecule has 2 aliphatic rings. The highest BCUT2D eigenvalue weighted by Gasteiger charge is 2.38. The summed E-state index contributed by atoms with van der Waals surface area (Å²) in [5.74, 6) is 0.684. The standard InChI is InChI=1S/C17H28N4O2/c1-12-10-20(11-16(12)19-5-7-23-8-6-19)17(22)15(4)21-14(3)9-13(2)18-21/h9,12,15-16H,5-8,10-11H2,1-4H3/t12-,15-,16+/m1/s1. The van der Waals surface area contributed by atoms with Crippen molar-refractivity contribution < 1.29 is 9.53 Å². The van der Waals surface area contributed by atoms with Gasteiger partial charge in [0, 0.05) is 37.9 Å². The molecule has 0 bridgehead atoms. The third kappa shape index (κ3) is 3.28. The molecule has 6 nitrogen and oxygen atoms in total. The first-order valence-corrected chi connectivity index (χ1v) is 8.60. The largest absolute Gasteiger partial charge is 0.379 e. The summed E-state index contributed by atoms with van der Waals surface area (Å²) in [5, 5.41) is 4.47. The zero-order chi connectivity index (χ0) is 16.6. The van der Waals surface area contributed by atoms with E-state index < -0.39 is 0 Å². The first-order valence-electron chi connectivity index (χ1n) is 8.60. The Labute approximate surface area is 138 Å². The maximum absolute atomic E-state index is 12.9. The van der Waals surface area contributed by atoms with Crippen molar-refractivity contribution in [3.8, 4) is 0 Å². The number of carbonyl (C=O) groups excluding carboxylic acids is 1. The van der Waals surface area contributed by atoms with E-state index in [-0.39, 0.29) is 11.9 Å². The summed E-state index contributed by atoms with van der Waals surface area (Å²) < 4.78 is 7.30. The fourth-order valence-electron chi connectivity index (χ4n) is 3.92. The van der Waals surface area contributed by atoms with Gasteiger partial charge in [-0.3, -0.25) is 14.4 Å². The molecule has 0 aromatic carbocycles. The van der Waals surface area contributed by atoms with Gasteiger partial charge in [-0.25, -0.2) is 0 Å². The molecule has 3 heterocycles. The number of aryl methyl sites for hydroxylation is 2. The SMILES string of the molecule is Cc1cc(C)n([C@H](C)C(=O)N2C[C@@H](C)[C@@H](N3CCOCC3)C2)n1. The van der Waals surface area contributed by atoms with E-state index in [4.69, 9.17) is 4.74 Å². The minimum absolute atomic E-state index is 0.179. The van der Waals surface area contributed by atoms with Gasteiger partial charge in [-0.2, -0.15) is 5.10 Å². The Morgan fingerprint density at radius 3 is 2.61 bits per heavy atom. The first kappa shape index (κ1) is 16.5. The number of carbonyl (C=O) groups is 1. The van der Waals surface area contributed by atoms with Gasteiger partial charge >= 0.3 is 0 Å². The van der Waals surface area contributed by atoms with Crippen LogP contribution in [0.3, 0.4) is 0 Å². The third-order valence-electron chi connectivity index (χ3n) is 5.17. The Morgan fingerprint density at radius 1 is 1.30 bits per heavy atom. The second kappa shape index (κ2) is 6.61. The summed E-state index contributed by atoms with van der Waals surface area (Å²) >= 11 is 0. The van der Waals surface area contributed by atoms with Crippen LogP contribution in [-0.4, -0.2) is 70.9 Å². The van der Waals surface area contributed by atoms with Crippen molar-refractivity contribution in [1.82, 2.24) is 19.6 Å². The van der Waals surface area contributed by atoms with E-state index in [9.17, 15) is 4.79 Å². The number of rotatable bonds is 3. The van der Waals surface area contributed by atoms with E-state index in [1.165, 1.54) is 0 Å². The molecule has 128 valence electrons. The minimum atomic E-state index is -0.237. The van der Waals surface area contributed by atoms with Gasteiger partial charge < -0.3 is 9.64 Å². The smallest absolute Gasteiger partial charge is 0.247 e. The molecule has 2 aliphatic heterocycles. The average molecular weight is 320 g/mol. The van der Waals surface area contributed by atoms with Crippen LogP contribution in [-0.2, 0) is 9.53 Å². The lowest BCUT2D eigenvalue weighted by Crippen LogP contribution is -2.47. The van der Waals surface area contributed by atoms with Crippen molar-refractivity contribution in [3.05, 3.63) is 17.5 Å². The lowest BCUT2D eigenvalue weighted by molar-refractivity contribution is -0.133. The monoisotopic (exact) mass is 320 g/mol. The van der Waals surface area contributed by atoms with Crippen LogP contribution in [0, 0.1) is 19.8 Å². The Morgan fingerprint density at radius 2 is 2.00 bits per heavy atom. The van der Waals surface area contributed by atoms with E-state index in [0.717, 1.165) is 50.8 Å². The summed E-state index contributed by atoms with van der Waals surface area (Å²) in [6, 6.07) is 2.24. The number of hydrogen-bond donors (Lipinski definition) is 0. The van der Waals surface area contributed by atoms with E-state index in [2.05, 4.69) is 16.9 Å². The van der Waals surface area contributed by atoms with Crippen molar-refractivity contribution in [1.29, 1.82) is 0 Å². The second-order valence-corrected chi connectivity index (χ2v) is 6.98. The molecule has 0 unspecified atom stereocenters. The van der Waals surface area contributed by atoms with Crippen molar-refractivity contribution in [3.63, 3.8) is 0 Å². The normalized spacial score (nSPS) is 27.4. The van der Waals surface area contributed by atoms with E-state index in [0.29, 0.717) is 12.0 Å². The van der Waals surface area contributed by atoms with Gasteiger partial charge in [0.15, 0.2) is 0 Å². The summed E-state index contributed by atoms with van der Waals surface area (Å²) in [4.78, 5) is 17.4. The van der Waals surface area contributed by atoms with Crippen LogP contribution in [0.5, 0.6) is 0 Å². The van der Waals surface area contributed by atoms with Gasteiger partial charge in [-0.1, -0.05) is 6.92 Å². The van der Waals surface area contributed by atoms with Gasteiger partial charge in [0.25, 0.3) is 0 Å². The molecule has 0 spiro atoms. The zero-order valence-electron chi connectivity index (χ0n) is 14.7. The predicted octanol–water partition coefficient (Wildman–Crippen LogP) is 1.24. The number of hydrogen-bond acceptors (Lipinski definition) is 4. The van der Waals surface area contributed by atoms with Gasteiger partial charge in [0.1, 0.15) is 6.04 Å². The Balaban J connectivity index is 1.67. The van der Waals surface area contributed by atoms with Crippen LogP contribution in [0.2, 0.25) is 0 Å². The van der Waals surface area contributed by atoms with Gasteiger partial charge in [0.2, 0.25) is 5.91 Å². The molecule has 0 radical (unpaired) electrons. The molecule has 23 heavy (non-hydrogen) atoms. The van der Waals surface area contributed by atoms with E-state index >= 15 is 0 Å². The molecule has 1 aromatic rings. The highest BCUT2D eigenvalue weighted by molar-refractivity contribution is 5.80. The molecule has 6 heteroatoms. The predicted molar refractivity (Wildman–Crippen MR) is 88.3 cm³/mol. The summed E-state index contributed by atoms with van der Waals surface area (Å²) in [6.07, 6.45) is 0. The van der Waals surface area contributed by atoms with Crippen LogP contribution in [0.15, 0.2) is 6.07 Å². The Hall–Kier alpha value is -1.40. The lowest BCUT2D eigenvalue weighted by Gasteiger charge is -2.34. The number of aromatic nitrogens is 2. The fourth-order valence-corrected chi connectivity index (χ4v) is 3.92. The van der Waals surface area contributed by atoms with Crippen molar-refractivity contribution in [2.75, 3.05) is 39.4 Å². The van der Waals surface area contributed by atoms with Crippen LogP contribution in [0.4, 0.5) is 0 Å². The quantitative estimate of drug-likeness (QED) is 0.841. The van der Waals surface area contributed by atoms with Crippen molar-refractivity contribution >= 4 is 5.91 Å². The maximum Gasteiger partial charge on any atom is 0.247 e. The number of likely N-dealkylation sites (tertiary alicyclic amines) is 1. The van der Waals surface area contributed by atoms with Crippen molar-refractivity contribution in [2.45, 2.75) is 39.8 Å². The Bertz CT molecular complexity index is 565. The van der Waals surface area contributed by atoms with Crippen LogP contribution in [0.25, 0.3) is 0 Å². The van der Waals surface area contributed by atoms with Crippen molar-refractivity contribution in [2.24, 2.45) is 5.92 Å². The molecule has 3 atom stereocenters.